The van der Waals surface area contributed by atoms with E-state index in [-0.39, 0.29) is 0 Å². The lowest BCUT2D eigenvalue weighted by molar-refractivity contribution is 1.29. The maximum absolute atomic E-state index is 4.52. The first-order chi connectivity index (χ1) is 12.1. The molecule has 0 atom stereocenters. The standard InChI is InChI=1S/C22H23N3/c1-5-7-11-17(3)18(4)24-22(6-2)25-20-13-10-12-19(16-20)21-14-8-9-15-23-21/h5-16H,2,4H2,1,3H3,(H,24,25). The van der Waals surface area contributed by atoms with E-state index in [1.807, 2.05) is 74.5 Å². The van der Waals surface area contributed by atoms with Crippen LogP contribution in [0.15, 0.2) is 102 Å². The Morgan fingerprint density at radius 2 is 2.04 bits per heavy atom. The van der Waals surface area contributed by atoms with Gasteiger partial charge in [-0.1, -0.05) is 49.6 Å². The molecule has 0 saturated carbocycles. The average molecular weight is 329 g/mol. The monoisotopic (exact) mass is 329 g/mol. The lowest BCUT2D eigenvalue weighted by Crippen LogP contribution is -2.09. The number of nitrogens with one attached hydrogen (secondary N) is 1. The Morgan fingerprint density at radius 3 is 2.72 bits per heavy atom. The Bertz CT molecular complexity index is 827. The van der Waals surface area contributed by atoms with E-state index in [9.17, 15) is 0 Å². The van der Waals surface area contributed by atoms with E-state index in [0.29, 0.717) is 11.5 Å². The van der Waals surface area contributed by atoms with Crippen molar-refractivity contribution >= 4 is 11.5 Å². The molecule has 0 radical (unpaired) electrons. The van der Waals surface area contributed by atoms with Crippen LogP contribution in [0.3, 0.4) is 0 Å². The minimum absolute atomic E-state index is 0.649. The van der Waals surface area contributed by atoms with E-state index in [1.54, 1.807) is 12.3 Å². The second-order valence-electron chi connectivity index (χ2n) is 5.44. The molecule has 1 N–H and O–H groups in total. The van der Waals surface area contributed by atoms with Gasteiger partial charge in [0, 0.05) is 17.4 Å². The van der Waals surface area contributed by atoms with Crippen molar-refractivity contribution in [3.8, 4) is 11.3 Å². The molecule has 0 fully saturated rings. The molecule has 3 nitrogen and oxygen atoms in total. The van der Waals surface area contributed by atoms with E-state index >= 15 is 0 Å². The van der Waals surface area contributed by atoms with Crippen LogP contribution in [0.2, 0.25) is 0 Å². The number of allylic oxidation sites excluding steroid dienone is 4. The number of nitrogens with zero attached hydrogens (tertiary/aromatic N) is 2. The van der Waals surface area contributed by atoms with Gasteiger partial charge in [-0.3, -0.25) is 4.98 Å². The summed E-state index contributed by atoms with van der Waals surface area (Å²) in [6.07, 6.45) is 9.38. The Hall–Kier alpha value is -3.20. The number of rotatable bonds is 6. The average Bonchev–Trinajstić information content (AvgIpc) is 2.66. The lowest BCUT2D eigenvalue weighted by atomic mass is 10.1. The summed E-state index contributed by atoms with van der Waals surface area (Å²) < 4.78 is 0. The molecule has 0 saturated heterocycles. The van der Waals surface area contributed by atoms with Gasteiger partial charge >= 0.3 is 0 Å². The van der Waals surface area contributed by atoms with Crippen molar-refractivity contribution in [2.75, 3.05) is 5.32 Å². The van der Waals surface area contributed by atoms with Gasteiger partial charge in [-0.25, -0.2) is 4.99 Å². The number of anilines is 1. The van der Waals surface area contributed by atoms with Gasteiger partial charge in [-0.05, 0) is 49.8 Å². The number of benzene rings is 1. The quantitative estimate of drug-likeness (QED) is 0.414. The summed E-state index contributed by atoms with van der Waals surface area (Å²) in [5.74, 6) is 0.649. The maximum atomic E-state index is 4.52. The van der Waals surface area contributed by atoms with Crippen molar-refractivity contribution in [3.05, 3.63) is 97.4 Å². The summed E-state index contributed by atoms with van der Waals surface area (Å²) in [7, 11) is 0. The molecule has 1 aromatic carbocycles. The minimum Gasteiger partial charge on any atom is -0.340 e. The Balaban J connectivity index is 2.21. The van der Waals surface area contributed by atoms with E-state index in [1.165, 1.54) is 0 Å². The van der Waals surface area contributed by atoms with Gasteiger partial charge in [-0.15, -0.1) is 0 Å². The number of hydrogen-bond acceptors (Lipinski definition) is 2. The zero-order chi connectivity index (χ0) is 18.1. The number of amidine groups is 1. The van der Waals surface area contributed by atoms with Gasteiger partial charge in [-0.2, -0.15) is 0 Å². The molecule has 0 aliphatic carbocycles. The molecule has 3 heteroatoms. The van der Waals surface area contributed by atoms with Crippen molar-refractivity contribution in [3.63, 3.8) is 0 Å². The molecule has 0 aliphatic rings. The molecule has 0 spiro atoms. The van der Waals surface area contributed by atoms with Crippen molar-refractivity contribution in [2.24, 2.45) is 4.99 Å². The smallest absolute Gasteiger partial charge is 0.130 e. The van der Waals surface area contributed by atoms with Crippen LogP contribution in [0.5, 0.6) is 0 Å². The number of pyridine rings is 1. The maximum Gasteiger partial charge on any atom is 0.130 e. The van der Waals surface area contributed by atoms with Gasteiger partial charge in [0.2, 0.25) is 0 Å². The predicted octanol–water partition coefficient (Wildman–Crippen LogP) is 5.78. The highest BCUT2D eigenvalue weighted by atomic mass is 15.0. The van der Waals surface area contributed by atoms with Gasteiger partial charge < -0.3 is 5.32 Å². The van der Waals surface area contributed by atoms with Gasteiger partial charge in [0.25, 0.3) is 0 Å². The van der Waals surface area contributed by atoms with E-state index < -0.39 is 0 Å². The third-order valence-electron chi connectivity index (χ3n) is 3.54. The van der Waals surface area contributed by atoms with Crippen molar-refractivity contribution in [1.82, 2.24) is 4.98 Å². The molecule has 1 heterocycles. The molecule has 2 aromatic rings. The van der Waals surface area contributed by atoms with Crippen molar-refractivity contribution < 1.29 is 0 Å². The molecule has 0 aliphatic heterocycles. The molecule has 1 aromatic heterocycles. The molecule has 0 bridgehead atoms. The molecule has 25 heavy (non-hydrogen) atoms. The first-order valence-corrected chi connectivity index (χ1v) is 8.12. The van der Waals surface area contributed by atoms with Crippen LogP contribution in [0.25, 0.3) is 11.3 Å². The van der Waals surface area contributed by atoms with Crippen LogP contribution in [0, 0.1) is 0 Å². The third-order valence-corrected chi connectivity index (χ3v) is 3.54. The van der Waals surface area contributed by atoms with Gasteiger partial charge in [0.1, 0.15) is 5.84 Å². The van der Waals surface area contributed by atoms with Crippen LogP contribution in [0.4, 0.5) is 5.69 Å². The molecule has 0 amide bonds. The normalized spacial score (nSPS) is 12.2. The van der Waals surface area contributed by atoms with E-state index in [4.69, 9.17) is 0 Å². The molecule has 126 valence electrons. The second kappa shape index (κ2) is 9.18. The summed E-state index contributed by atoms with van der Waals surface area (Å²) in [6, 6.07) is 13.9. The fourth-order valence-corrected chi connectivity index (χ4v) is 2.13. The predicted molar refractivity (Wildman–Crippen MR) is 109 cm³/mol. The second-order valence-corrected chi connectivity index (χ2v) is 5.44. The molecular weight excluding hydrogens is 306 g/mol. The lowest BCUT2D eigenvalue weighted by Gasteiger charge is -2.09. The number of aromatic nitrogens is 1. The minimum atomic E-state index is 0.649. The molecule has 2 rings (SSSR count). The largest absolute Gasteiger partial charge is 0.340 e. The topological polar surface area (TPSA) is 37.3 Å². The zero-order valence-electron chi connectivity index (χ0n) is 14.7. The van der Waals surface area contributed by atoms with Crippen LogP contribution in [-0.2, 0) is 0 Å². The number of aliphatic imine (C=N–C) groups is 1. The first kappa shape index (κ1) is 18.1. The summed E-state index contributed by atoms with van der Waals surface area (Å²) in [5.41, 5.74) is 4.59. The number of hydrogen-bond donors (Lipinski definition) is 1. The van der Waals surface area contributed by atoms with Crippen LogP contribution >= 0.6 is 0 Å². The first-order valence-electron chi connectivity index (χ1n) is 8.12. The van der Waals surface area contributed by atoms with Crippen LogP contribution in [0.1, 0.15) is 13.8 Å². The third kappa shape index (κ3) is 5.43. The molecule has 0 unspecified atom stereocenters. The van der Waals surface area contributed by atoms with Crippen molar-refractivity contribution in [2.45, 2.75) is 13.8 Å². The Kier molecular flexibility index (Phi) is 6.66. The summed E-state index contributed by atoms with van der Waals surface area (Å²) in [5, 5.41) is 3.28. The van der Waals surface area contributed by atoms with E-state index in [0.717, 1.165) is 22.5 Å². The summed E-state index contributed by atoms with van der Waals surface area (Å²) in [6.45, 7) is 11.8. The Labute approximate surface area is 149 Å². The van der Waals surface area contributed by atoms with Gasteiger partial charge in [0.05, 0.1) is 11.4 Å². The zero-order valence-corrected chi connectivity index (χ0v) is 14.7. The summed E-state index contributed by atoms with van der Waals surface area (Å²) in [4.78, 5) is 8.90. The SMILES string of the molecule is C=CC(=NC(=C)C(C)=CC=CC)Nc1cccc(-c2ccccn2)c1. The summed E-state index contributed by atoms with van der Waals surface area (Å²) >= 11 is 0. The highest BCUT2D eigenvalue weighted by Gasteiger charge is 2.02. The van der Waals surface area contributed by atoms with Crippen LogP contribution in [-0.4, -0.2) is 10.8 Å². The molecular formula is C22H23N3. The van der Waals surface area contributed by atoms with Crippen LogP contribution < -0.4 is 5.32 Å². The fraction of sp³-hybridized carbons (Fsp3) is 0.0909. The Morgan fingerprint density at radius 1 is 1.20 bits per heavy atom. The van der Waals surface area contributed by atoms with Gasteiger partial charge in [0.15, 0.2) is 0 Å². The van der Waals surface area contributed by atoms with Crippen molar-refractivity contribution in [1.29, 1.82) is 0 Å². The highest BCUT2D eigenvalue weighted by molar-refractivity contribution is 6.04. The highest BCUT2D eigenvalue weighted by Crippen LogP contribution is 2.21. The fourth-order valence-electron chi connectivity index (χ4n) is 2.13. The van der Waals surface area contributed by atoms with E-state index in [2.05, 4.69) is 28.5 Å².